The van der Waals surface area contributed by atoms with Crippen LogP contribution >= 0.6 is 0 Å². The van der Waals surface area contributed by atoms with Crippen LogP contribution in [0.25, 0.3) is 11.0 Å². The van der Waals surface area contributed by atoms with Crippen LogP contribution in [-0.4, -0.2) is 66.6 Å². The fourth-order valence-corrected chi connectivity index (χ4v) is 6.71. The summed E-state index contributed by atoms with van der Waals surface area (Å²) in [6.45, 7) is 3.33. The van der Waals surface area contributed by atoms with Gasteiger partial charge >= 0.3 is 0 Å². The van der Waals surface area contributed by atoms with E-state index in [1.807, 2.05) is 43.3 Å². The number of nitrogens with one attached hydrogen (secondary N) is 1. The number of aliphatic hydroxyl groups excluding tert-OH is 1. The molecule has 226 valence electrons. The van der Waals surface area contributed by atoms with E-state index in [-0.39, 0.29) is 35.5 Å². The van der Waals surface area contributed by atoms with Crippen molar-refractivity contribution in [3.8, 4) is 0 Å². The number of hydrogen-bond donors (Lipinski definition) is 2. The molecule has 3 aliphatic heterocycles. The minimum absolute atomic E-state index is 0.0208. The second-order valence-electron chi connectivity index (χ2n) is 11.3. The lowest BCUT2D eigenvalue weighted by atomic mass is 9.80. The van der Waals surface area contributed by atoms with Crippen molar-refractivity contribution in [3.63, 3.8) is 0 Å². The Balaban J connectivity index is 1.29. The first-order chi connectivity index (χ1) is 21.0. The molecule has 4 heterocycles. The molecule has 43 heavy (non-hydrogen) atoms. The van der Waals surface area contributed by atoms with E-state index in [1.54, 1.807) is 29.2 Å². The zero-order chi connectivity index (χ0) is 30.0. The maximum Gasteiger partial charge on any atom is 0.288 e. The van der Waals surface area contributed by atoms with Gasteiger partial charge in [-0.1, -0.05) is 30.3 Å². The molecule has 3 atom stereocenters. The van der Waals surface area contributed by atoms with E-state index in [1.165, 1.54) is 6.26 Å². The molecule has 3 aromatic rings. The number of aliphatic hydroxyl groups is 1. The number of fused-ring (bicyclic) bond motifs is 1. The highest BCUT2D eigenvalue weighted by molar-refractivity contribution is 5.95. The zero-order valence-corrected chi connectivity index (χ0v) is 24.2. The first-order valence-electron chi connectivity index (χ1n) is 15.0. The highest BCUT2D eigenvalue weighted by atomic mass is 16.7. The van der Waals surface area contributed by atoms with E-state index in [0.717, 1.165) is 5.69 Å². The third-order valence-corrected chi connectivity index (χ3v) is 8.97. The zero-order valence-electron chi connectivity index (χ0n) is 24.2. The van der Waals surface area contributed by atoms with Gasteiger partial charge in [-0.2, -0.15) is 0 Å². The molecule has 2 N–H and O–H groups in total. The van der Waals surface area contributed by atoms with Gasteiger partial charge < -0.3 is 34.1 Å². The topological polar surface area (TPSA) is 122 Å². The van der Waals surface area contributed by atoms with Gasteiger partial charge in [0, 0.05) is 49.4 Å². The minimum atomic E-state index is -0.790. The maximum absolute atomic E-state index is 14.0. The number of hydrogen-bond acceptors (Lipinski definition) is 8. The summed E-state index contributed by atoms with van der Waals surface area (Å²) >= 11 is 0. The molecule has 1 spiro atoms. The van der Waals surface area contributed by atoms with E-state index in [4.69, 9.17) is 13.9 Å². The van der Waals surface area contributed by atoms with Crippen LogP contribution < -0.4 is 15.6 Å². The molecule has 0 bridgehead atoms. The van der Waals surface area contributed by atoms with Crippen LogP contribution in [0.1, 0.15) is 44.1 Å². The number of likely N-dealkylation sites (tertiary alicyclic amines) is 1. The van der Waals surface area contributed by atoms with Gasteiger partial charge in [-0.3, -0.25) is 14.4 Å². The van der Waals surface area contributed by atoms with Crippen LogP contribution in [0, 0.1) is 5.92 Å². The molecule has 0 aliphatic carbocycles. The summed E-state index contributed by atoms with van der Waals surface area (Å²) in [6, 6.07) is 16.9. The molecule has 1 aromatic heterocycles. The Labute approximate surface area is 249 Å². The summed E-state index contributed by atoms with van der Waals surface area (Å²) in [5.41, 5.74) is 0.965. The average molecular weight is 588 g/mol. The SMILES string of the molecule is CCO[C@H]1OC(C(=O)N2CCC3(CC2)C(=O)NCN3c2ccccc2)=C[C@@H](c2coc3ccccc3c2=O)[C@H]1CCCO. The number of nitrogens with zero attached hydrogens (tertiary/aromatic N) is 2. The summed E-state index contributed by atoms with van der Waals surface area (Å²) in [5, 5.41) is 13.1. The van der Waals surface area contributed by atoms with Crippen molar-refractivity contribution < 1.29 is 28.6 Å². The molecule has 10 nitrogen and oxygen atoms in total. The number of allylic oxidation sites excluding steroid dienone is 1. The second kappa shape index (κ2) is 12.2. The van der Waals surface area contributed by atoms with Crippen LogP contribution in [0.2, 0.25) is 0 Å². The van der Waals surface area contributed by atoms with Crippen molar-refractivity contribution in [2.75, 3.05) is 37.9 Å². The van der Waals surface area contributed by atoms with Gasteiger partial charge in [0.15, 0.2) is 11.2 Å². The van der Waals surface area contributed by atoms with Gasteiger partial charge in [-0.25, -0.2) is 0 Å². The third-order valence-electron chi connectivity index (χ3n) is 8.97. The Morgan fingerprint density at radius 3 is 2.58 bits per heavy atom. The molecule has 0 radical (unpaired) electrons. The molecular formula is C33H37N3O7. The number of carbonyl (C=O) groups excluding carboxylic acids is 2. The van der Waals surface area contributed by atoms with E-state index in [9.17, 15) is 19.5 Å². The summed E-state index contributed by atoms with van der Waals surface area (Å²) in [4.78, 5) is 44.5. The molecule has 2 fully saturated rings. The summed E-state index contributed by atoms with van der Waals surface area (Å²) < 4.78 is 18.0. The number of ether oxygens (including phenoxy) is 2. The Morgan fingerprint density at radius 2 is 1.84 bits per heavy atom. The Morgan fingerprint density at radius 1 is 1.09 bits per heavy atom. The number of piperidine rings is 1. The van der Waals surface area contributed by atoms with E-state index in [2.05, 4.69) is 10.2 Å². The molecule has 2 aromatic carbocycles. The number of carbonyl (C=O) groups is 2. The quantitative estimate of drug-likeness (QED) is 0.411. The predicted molar refractivity (Wildman–Crippen MR) is 160 cm³/mol. The van der Waals surface area contributed by atoms with Crippen molar-refractivity contribution >= 4 is 28.5 Å². The van der Waals surface area contributed by atoms with Gasteiger partial charge in [0.2, 0.25) is 12.2 Å². The van der Waals surface area contributed by atoms with E-state index >= 15 is 0 Å². The Bertz CT molecular complexity index is 1560. The highest BCUT2D eigenvalue weighted by Gasteiger charge is 2.51. The molecular weight excluding hydrogens is 550 g/mol. The molecule has 6 rings (SSSR count). The third kappa shape index (κ3) is 5.29. The van der Waals surface area contributed by atoms with Crippen molar-refractivity contribution in [1.82, 2.24) is 10.2 Å². The lowest BCUT2D eigenvalue weighted by Gasteiger charge is -2.44. The molecule has 0 saturated carbocycles. The first-order valence-corrected chi connectivity index (χ1v) is 15.0. The molecule has 3 aliphatic rings. The van der Waals surface area contributed by atoms with Crippen molar-refractivity contribution in [2.24, 2.45) is 5.92 Å². The van der Waals surface area contributed by atoms with Crippen LogP contribution in [0.4, 0.5) is 5.69 Å². The second-order valence-corrected chi connectivity index (χ2v) is 11.3. The molecule has 2 amide bonds. The lowest BCUT2D eigenvalue weighted by Crippen LogP contribution is -2.57. The minimum Gasteiger partial charge on any atom is -0.464 e. The number of para-hydroxylation sites is 2. The molecule has 10 heteroatoms. The van der Waals surface area contributed by atoms with E-state index < -0.39 is 17.7 Å². The number of amides is 2. The average Bonchev–Trinajstić information content (AvgIpc) is 3.35. The predicted octanol–water partition coefficient (Wildman–Crippen LogP) is 3.50. The van der Waals surface area contributed by atoms with Gasteiger partial charge in [-0.05, 0) is 62.9 Å². The number of benzene rings is 2. The van der Waals surface area contributed by atoms with Crippen molar-refractivity contribution in [3.05, 3.63) is 88.5 Å². The van der Waals surface area contributed by atoms with Gasteiger partial charge in [0.05, 0.1) is 18.3 Å². The van der Waals surface area contributed by atoms with Crippen LogP contribution in [0.15, 0.2) is 81.9 Å². The lowest BCUT2D eigenvalue weighted by molar-refractivity contribution is -0.171. The van der Waals surface area contributed by atoms with Gasteiger partial charge in [0.1, 0.15) is 11.1 Å². The Hall–Kier alpha value is -4.15. The molecule has 0 unspecified atom stereocenters. The maximum atomic E-state index is 14.0. The van der Waals surface area contributed by atoms with Crippen molar-refractivity contribution in [1.29, 1.82) is 0 Å². The molecule has 2 saturated heterocycles. The van der Waals surface area contributed by atoms with Gasteiger partial charge in [-0.15, -0.1) is 0 Å². The fourth-order valence-electron chi connectivity index (χ4n) is 6.71. The smallest absolute Gasteiger partial charge is 0.288 e. The van der Waals surface area contributed by atoms with E-state index in [0.29, 0.717) is 68.6 Å². The van der Waals surface area contributed by atoms with Crippen molar-refractivity contribution in [2.45, 2.75) is 50.4 Å². The Kier molecular flexibility index (Phi) is 8.23. The normalized spacial score (nSPS) is 23.3. The largest absolute Gasteiger partial charge is 0.464 e. The summed E-state index contributed by atoms with van der Waals surface area (Å²) in [6.07, 6.45) is 4.34. The monoisotopic (exact) mass is 587 g/mol. The van der Waals surface area contributed by atoms with Gasteiger partial charge in [0.25, 0.3) is 5.91 Å². The van der Waals surface area contributed by atoms with Crippen LogP contribution in [0.5, 0.6) is 0 Å². The summed E-state index contributed by atoms with van der Waals surface area (Å²) in [5.74, 6) is -1.06. The number of anilines is 1. The van der Waals surface area contributed by atoms with Crippen LogP contribution in [-0.2, 0) is 19.1 Å². The number of rotatable bonds is 8. The standard InChI is InChI=1S/C33H37N3O7/c1-2-41-31-23(12-8-18-37)25(26-20-42-27-13-7-6-11-24(27)29(26)38)19-28(43-31)30(39)35-16-14-33(15-17-35)32(40)34-21-36(33)22-9-4-3-5-10-22/h3-7,9-11,13,19-20,23,25,31,37H,2,8,12,14-18,21H2,1H3,(H,34,40)/t23-,25-,31+/m1/s1. The fraction of sp³-hybridized carbons (Fsp3) is 0.424. The first kappa shape index (κ1) is 28.9. The van der Waals surface area contributed by atoms with Crippen LogP contribution in [0.3, 0.4) is 0 Å². The summed E-state index contributed by atoms with van der Waals surface area (Å²) in [7, 11) is 0. The highest BCUT2D eigenvalue weighted by Crippen LogP contribution is 2.41.